The van der Waals surface area contributed by atoms with Crippen molar-refractivity contribution in [3.8, 4) is 0 Å². The first kappa shape index (κ1) is 15.4. The number of nitrogens with zero attached hydrogens (tertiary/aromatic N) is 2. The maximum Gasteiger partial charge on any atom is 0.179 e. The lowest BCUT2D eigenvalue weighted by Gasteiger charge is -2.09. The van der Waals surface area contributed by atoms with Crippen LogP contribution in [0.15, 0.2) is 27.4 Å². The Hall–Kier alpha value is -0.950. The lowest BCUT2D eigenvalue weighted by molar-refractivity contribution is 0.199. The molecule has 20 heavy (non-hydrogen) atoms. The molecule has 0 saturated heterocycles. The van der Waals surface area contributed by atoms with Crippen LogP contribution in [0.4, 0.5) is 0 Å². The van der Waals surface area contributed by atoms with Crippen molar-refractivity contribution in [2.45, 2.75) is 29.6 Å². The number of methoxy groups -OCH3 is 1. The van der Waals surface area contributed by atoms with Crippen LogP contribution in [0.2, 0.25) is 0 Å². The van der Waals surface area contributed by atoms with E-state index in [0.717, 1.165) is 29.0 Å². The van der Waals surface area contributed by atoms with Crippen LogP contribution < -0.4 is 5.32 Å². The summed E-state index contributed by atoms with van der Waals surface area (Å²) in [7, 11) is 1.72. The first-order valence-corrected chi connectivity index (χ1v) is 8.09. The third-order valence-corrected chi connectivity index (χ3v) is 4.70. The smallest absolute Gasteiger partial charge is 0.179 e. The van der Waals surface area contributed by atoms with Crippen molar-refractivity contribution >= 4 is 23.1 Å². The molecule has 2 rings (SSSR count). The fraction of sp³-hybridized carbons (Fsp3) is 0.429. The third kappa shape index (κ3) is 4.56. The number of nitrogens with one attached hydrogen (secondary N) is 1. The molecular formula is C14H19N3OS2. The molecule has 1 aromatic heterocycles. The number of ether oxygens (including phenoxy) is 1. The van der Waals surface area contributed by atoms with Crippen LogP contribution in [0.5, 0.6) is 0 Å². The van der Waals surface area contributed by atoms with E-state index in [0.29, 0.717) is 0 Å². The summed E-state index contributed by atoms with van der Waals surface area (Å²) in [5.41, 5.74) is 2.61. The van der Waals surface area contributed by atoms with Crippen molar-refractivity contribution in [2.75, 3.05) is 20.3 Å². The van der Waals surface area contributed by atoms with Gasteiger partial charge in [0.25, 0.3) is 0 Å². The minimum Gasteiger partial charge on any atom is -0.383 e. The Labute approximate surface area is 128 Å². The van der Waals surface area contributed by atoms with Crippen molar-refractivity contribution in [2.24, 2.45) is 0 Å². The van der Waals surface area contributed by atoms with E-state index < -0.39 is 0 Å². The minimum atomic E-state index is 0.739. The highest BCUT2D eigenvalue weighted by atomic mass is 32.2. The fourth-order valence-electron chi connectivity index (χ4n) is 1.75. The average molecular weight is 309 g/mol. The second kappa shape index (κ2) is 7.73. The van der Waals surface area contributed by atoms with E-state index in [2.05, 4.69) is 40.6 Å². The van der Waals surface area contributed by atoms with Gasteiger partial charge >= 0.3 is 0 Å². The molecule has 0 bridgehead atoms. The zero-order chi connectivity index (χ0) is 14.4. The number of aromatic nitrogens is 2. The molecule has 6 heteroatoms. The molecule has 0 radical (unpaired) electrons. The molecule has 0 spiro atoms. The van der Waals surface area contributed by atoms with Crippen molar-refractivity contribution in [3.63, 3.8) is 0 Å². The Morgan fingerprint density at radius 2 is 2.15 bits per heavy atom. The van der Waals surface area contributed by atoms with E-state index in [9.17, 15) is 0 Å². The molecule has 2 aromatic rings. The Balaban J connectivity index is 1.94. The summed E-state index contributed by atoms with van der Waals surface area (Å²) < 4.78 is 6.01. The van der Waals surface area contributed by atoms with Gasteiger partial charge in [-0.2, -0.15) is 0 Å². The quantitative estimate of drug-likeness (QED) is 0.797. The highest BCUT2D eigenvalue weighted by Crippen LogP contribution is 2.30. The van der Waals surface area contributed by atoms with E-state index in [-0.39, 0.29) is 0 Å². The number of rotatable bonds is 7. The van der Waals surface area contributed by atoms with Gasteiger partial charge in [0.05, 0.1) is 6.61 Å². The molecule has 0 aliphatic carbocycles. The molecule has 4 nitrogen and oxygen atoms in total. The summed E-state index contributed by atoms with van der Waals surface area (Å²) in [6.07, 6.45) is 0. The summed E-state index contributed by atoms with van der Waals surface area (Å²) in [5.74, 6) is 0. The minimum absolute atomic E-state index is 0.739. The summed E-state index contributed by atoms with van der Waals surface area (Å²) in [6.45, 7) is 6.60. The van der Waals surface area contributed by atoms with Gasteiger partial charge < -0.3 is 10.1 Å². The Morgan fingerprint density at radius 3 is 2.80 bits per heavy atom. The highest BCUT2D eigenvalue weighted by Gasteiger charge is 2.05. The van der Waals surface area contributed by atoms with Crippen molar-refractivity contribution in [3.05, 3.63) is 34.3 Å². The third-order valence-electron chi connectivity index (χ3n) is 2.83. The summed E-state index contributed by atoms with van der Waals surface area (Å²) in [4.78, 5) is 1.21. The zero-order valence-electron chi connectivity index (χ0n) is 12.0. The Bertz CT molecular complexity index is 557. The monoisotopic (exact) mass is 309 g/mol. The van der Waals surface area contributed by atoms with Crippen molar-refractivity contribution < 1.29 is 4.74 Å². The molecule has 0 atom stereocenters. The number of aryl methyl sites for hydroxylation is 2. The number of benzene rings is 1. The molecule has 0 amide bonds. The van der Waals surface area contributed by atoms with E-state index in [1.165, 1.54) is 16.0 Å². The van der Waals surface area contributed by atoms with Crippen LogP contribution in [0, 0.1) is 13.8 Å². The molecule has 0 aliphatic heterocycles. The average Bonchev–Trinajstić information content (AvgIpc) is 2.82. The topological polar surface area (TPSA) is 47.0 Å². The van der Waals surface area contributed by atoms with E-state index in [1.54, 1.807) is 30.2 Å². The van der Waals surface area contributed by atoms with Gasteiger partial charge in [-0.1, -0.05) is 29.2 Å². The molecule has 0 aliphatic rings. The number of hydrogen-bond donors (Lipinski definition) is 1. The predicted octanol–water partition coefficient (Wildman–Crippen LogP) is 3.04. The van der Waals surface area contributed by atoms with Gasteiger partial charge in [0.2, 0.25) is 0 Å². The van der Waals surface area contributed by atoms with Gasteiger partial charge in [-0.3, -0.25) is 0 Å². The van der Waals surface area contributed by atoms with Gasteiger partial charge in [0, 0.05) is 25.1 Å². The standard InChI is InChI=1S/C14H19N3OS2/c1-10-8-13(20-14-17-16-11(2)19-14)5-4-12(10)9-15-6-7-18-3/h4-5,8,15H,6-7,9H2,1-3H3. The second-order valence-corrected chi connectivity index (χ2v) is 6.95. The maximum absolute atomic E-state index is 5.02. The lowest BCUT2D eigenvalue weighted by atomic mass is 10.1. The van der Waals surface area contributed by atoms with E-state index >= 15 is 0 Å². The van der Waals surface area contributed by atoms with Gasteiger partial charge in [-0.15, -0.1) is 10.2 Å². The van der Waals surface area contributed by atoms with Gasteiger partial charge in [-0.05, 0) is 37.1 Å². The number of hydrogen-bond acceptors (Lipinski definition) is 6. The first-order valence-electron chi connectivity index (χ1n) is 6.46. The van der Waals surface area contributed by atoms with Crippen LogP contribution >= 0.6 is 23.1 Å². The predicted molar refractivity (Wildman–Crippen MR) is 83.5 cm³/mol. The largest absolute Gasteiger partial charge is 0.383 e. The first-order chi connectivity index (χ1) is 9.69. The Morgan fingerprint density at radius 1 is 1.30 bits per heavy atom. The molecule has 0 fully saturated rings. The lowest BCUT2D eigenvalue weighted by Crippen LogP contribution is -2.19. The molecule has 0 unspecified atom stereocenters. The normalized spacial score (nSPS) is 10.9. The van der Waals surface area contributed by atoms with Crippen LogP contribution in [0.3, 0.4) is 0 Å². The molecule has 108 valence electrons. The Kier molecular flexibility index (Phi) is 5.97. The maximum atomic E-state index is 5.02. The molecule has 1 N–H and O–H groups in total. The van der Waals surface area contributed by atoms with Crippen molar-refractivity contribution in [1.29, 1.82) is 0 Å². The van der Waals surface area contributed by atoms with Crippen LogP contribution in [-0.4, -0.2) is 30.5 Å². The van der Waals surface area contributed by atoms with Crippen LogP contribution in [-0.2, 0) is 11.3 Å². The summed E-state index contributed by atoms with van der Waals surface area (Å²) >= 11 is 3.29. The van der Waals surface area contributed by atoms with Crippen molar-refractivity contribution in [1.82, 2.24) is 15.5 Å². The second-order valence-electron chi connectivity index (χ2n) is 4.45. The molecule has 1 aromatic carbocycles. The molecule has 1 heterocycles. The fourth-order valence-corrected chi connectivity index (χ4v) is 3.64. The summed E-state index contributed by atoms with van der Waals surface area (Å²) in [5, 5.41) is 12.5. The van der Waals surface area contributed by atoms with E-state index in [1.807, 2.05) is 6.92 Å². The molecular weight excluding hydrogens is 290 g/mol. The van der Waals surface area contributed by atoms with Crippen LogP contribution in [0.1, 0.15) is 16.1 Å². The van der Waals surface area contributed by atoms with Gasteiger partial charge in [0.15, 0.2) is 4.34 Å². The van der Waals surface area contributed by atoms with Gasteiger partial charge in [0.1, 0.15) is 5.01 Å². The highest BCUT2D eigenvalue weighted by molar-refractivity contribution is 8.01. The summed E-state index contributed by atoms with van der Waals surface area (Å²) in [6, 6.07) is 6.52. The van der Waals surface area contributed by atoms with Crippen LogP contribution in [0.25, 0.3) is 0 Å². The van der Waals surface area contributed by atoms with Gasteiger partial charge in [-0.25, -0.2) is 0 Å². The zero-order valence-corrected chi connectivity index (χ0v) is 13.6. The molecule has 0 saturated carbocycles. The van der Waals surface area contributed by atoms with E-state index in [4.69, 9.17) is 4.74 Å². The SMILES string of the molecule is COCCNCc1ccc(Sc2nnc(C)s2)cc1C.